The van der Waals surface area contributed by atoms with E-state index in [0.717, 1.165) is 41.7 Å². The highest BCUT2D eigenvalue weighted by atomic mass is 79.9. The summed E-state index contributed by atoms with van der Waals surface area (Å²) < 4.78 is 6.38. The standard InChI is InChI=1S/C14H17BrN2O/c1-2-18-9-8-16-10-11-5-6-13(15)12-4-3-7-17-14(11)12/h3-7,16H,2,8-10H2,1H3. The van der Waals surface area contributed by atoms with Crippen molar-refractivity contribution < 1.29 is 4.74 Å². The smallest absolute Gasteiger partial charge is 0.0758 e. The zero-order valence-corrected chi connectivity index (χ0v) is 12.0. The van der Waals surface area contributed by atoms with Crippen LogP contribution >= 0.6 is 15.9 Å². The minimum absolute atomic E-state index is 0.748. The average Bonchev–Trinajstić information content (AvgIpc) is 2.41. The van der Waals surface area contributed by atoms with Crippen molar-refractivity contribution in [3.8, 4) is 0 Å². The first kappa shape index (κ1) is 13.5. The van der Waals surface area contributed by atoms with Gasteiger partial charge in [0.15, 0.2) is 0 Å². The summed E-state index contributed by atoms with van der Waals surface area (Å²) in [6.07, 6.45) is 1.83. The fraction of sp³-hybridized carbons (Fsp3) is 0.357. The number of ether oxygens (including phenoxy) is 1. The van der Waals surface area contributed by atoms with Gasteiger partial charge in [-0.1, -0.05) is 28.1 Å². The molecule has 18 heavy (non-hydrogen) atoms. The van der Waals surface area contributed by atoms with Crippen LogP contribution in [0.1, 0.15) is 12.5 Å². The SMILES string of the molecule is CCOCCNCc1ccc(Br)c2cccnc12. The average molecular weight is 309 g/mol. The molecule has 0 aliphatic carbocycles. The minimum Gasteiger partial charge on any atom is -0.380 e. The molecular formula is C14H17BrN2O. The van der Waals surface area contributed by atoms with Gasteiger partial charge in [-0.3, -0.25) is 4.98 Å². The van der Waals surface area contributed by atoms with Crippen LogP contribution in [0.4, 0.5) is 0 Å². The van der Waals surface area contributed by atoms with E-state index in [4.69, 9.17) is 4.74 Å². The molecule has 1 aromatic carbocycles. The number of pyridine rings is 1. The first-order valence-electron chi connectivity index (χ1n) is 6.13. The molecule has 2 aromatic rings. The minimum atomic E-state index is 0.748. The molecule has 0 unspecified atom stereocenters. The van der Waals surface area contributed by atoms with Crippen LogP contribution in [0.25, 0.3) is 10.9 Å². The monoisotopic (exact) mass is 308 g/mol. The Labute approximate surface area is 116 Å². The van der Waals surface area contributed by atoms with Crippen LogP contribution in [-0.2, 0) is 11.3 Å². The molecule has 0 amide bonds. The number of fused-ring (bicyclic) bond motifs is 1. The van der Waals surface area contributed by atoms with Gasteiger partial charge in [0, 0.05) is 35.8 Å². The lowest BCUT2D eigenvalue weighted by atomic mass is 10.1. The fourth-order valence-corrected chi connectivity index (χ4v) is 2.30. The van der Waals surface area contributed by atoms with Gasteiger partial charge < -0.3 is 10.1 Å². The van der Waals surface area contributed by atoms with Crippen molar-refractivity contribution in [2.24, 2.45) is 0 Å². The van der Waals surface area contributed by atoms with E-state index >= 15 is 0 Å². The normalized spacial score (nSPS) is 11.0. The Kier molecular flexibility index (Phi) is 5.11. The molecule has 1 heterocycles. The molecule has 1 N–H and O–H groups in total. The first-order valence-corrected chi connectivity index (χ1v) is 6.92. The van der Waals surface area contributed by atoms with Crippen molar-refractivity contribution in [2.45, 2.75) is 13.5 Å². The summed E-state index contributed by atoms with van der Waals surface area (Å²) in [5.74, 6) is 0. The second-order valence-electron chi connectivity index (χ2n) is 3.98. The molecule has 0 spiro atoms. The van der Waals surface area contributed by atoms with Crippen molar-refractivity contribution in [2.75, 3.05) is 19.8 Å². The molecule has 0 aliphatic heterocycles. The van der Waals surface area contributed by atoms with Crippen LogP contribution in [0.5, 0.6) is 0 Å². The Bertz CT molecular complexity index is 516. The summed E-state index contributed by atoms with van der Waals surface area (Å²) in [4.78, 5) is 4.46. The van der Waals surface area contributed by atoms with Gasteiger partial charge in [-0.25, -0.2) is 0 Å². The van der Waals surface area contributed by atoms with Crippen LogP contribution in [-0.4, -0.2) is 24.7 Å². The lowest BCUT2D eigenvalue weighted by molar-refractivity contribution is 0.149. The summed E-state index contributed by atoms with van der Waals surface area (Å²) in [6.45, 7) is 5.20. The lowest BCUT2D eigenvalue weighted by Crippen LogP contribution is -2.19. The zero-order chi connectivity index (χ0) is 12.8. The quantitative estimate of drug-likeness (QED) is 0.833. The summed E-state index contributed by atoms with van der Waals surface area (Å²) in [6, 6.07) is 8.21. The predicted molar refractivity (Wildman–Crippen MR) is 77.6 cm³/mol. The van der Waals surface area contributed by atoms with Gasteiger partial charge in [0.1, 0.15) is 0 Å². The van der Waals surface area contributed by atoms with E-state index in [9.17, 15) is 0 Å². The van der Waals surface area contributed by atoms with E-state index in [1.807, 2.05) is 19.2 Å². The number of rotatable bonds is 6. The van der Waals surface area contributed by atoms with Crippen molar-refractivity contribution in [3.63, 3.8) is 0 Å². The van der Waals surface area contributed by atoms with E-state index in [1.54, 1.807) is 0 Å². The third kappa shape index (κ3) is 3.28. The zero-order valence-electron chi connectivity index (χ0n) is 10.4. The van der Waals surface area contributed by atoms with Crippen LogP contribution in [0.2, 0.25) is 0 Å². The maximum atomic E-state index is 5.29. The summed E-state index contributed by atoms with van der Waals surface area (Å²) in [5, 5.41) is 4.52. The Hall–Kier alpha value is -0.970. The van der Waals surface area contributed by atoms with E-state index in [2.05, 4.69) is 44.4 Å². The van der Waals surface area contributed by atoms with E-state index in [1.165, 1.54) is 5.56 Å². The molecule has 0 atom stereocenters. The lowest BCUT2D eigenvalue weighted by Gasteiger charge is -2.08. The van der Waals surface area contributed by atoms with Gasteiger partial charge in [0.05, 0.1) is 12.1 Å². The molecule has 1 aromatic heterocycles. The van der Waals surface area contributed by atoms with Gasteiger partial charge in [-0.2, -0.15) is 0 Å². The maximum absolute atomic E-state index is 5.29. The van der Waals surface area contributed by atoms with Crippen molar-refractivity contribution in [3.05, 3.63) is 40.5 Å². The number of nitrogens with zero attached hydrogens (tertiary/aromatic N) is 1. The molecule has 0 aliphatic rings. The number of halogens is 1. The second kappa shape index (κ2) is 6.83. The van der Waals surface area contributed by atoms with Gasteiger partial charge in [-0.05, 0) is 24.6 Å². The predicted octanol–water partition coefficient (Wildman–Crippen LogP) is 3.12. The van der Waals surface area contributed by atoms with E-state index in [-0.39, 0.29) is 0 Å². The fourth-order valence-electron chi connectivity index (χ4n) is 1.85. The summed E-state index contributed by atoms with van der Waals surface area (Å²) in [7, 11) is 0. The topological polar surface area (TPSA) is 34.1 Å². The Morgan fingerprint density at radius 1 is 1.33 bits per heavy atom. The molecule has 0 saturated heterocycles. The van der Waals surface area contributed by atoms with Gasteiger partial charge in [-0.15, -0.1) is 0 Å². The van der Waals surface area contributed by atoms with Crippen LogP contribution in [0, 0.1) is 0 Å². The van der Waals surface area contributed by atoms with Crippen LogP contribution in [0.15, 0.2) is 34.9 Å². The molecule has 4 heteroatoms. The van der Waals surface area contributed by atoms with Crippen LogP contribution in [0.3, 0.4) is 0 Å². The largest absolute Gasteiger partial charge is 0.380 e. The van der Waals surface area contributed by atoms with E-state index in [0.29, 0.717) is 0 Å². The highest BCUT2D eigenvalue weighted by Crippen LogP contribution is 2.24. The Morgan fingerprint density at radius 3 is 3.06 bits per heavy atom. The molecule has 0 saturated carbocycles. The molecule has 3 nitrogen and oxygen atoms in total. The van der Waals surface area contributed by atoms with E-state index < -0.39 is 0 Å². The van der Waals surface area contributed by atoms with Crippen molar-refractivity contribution in [1.82, 2.24) is 10.3 Å². The summed E-state index contributed by atoms with van der Waals surface area (Å²) in [5.41, 5.74) is 2.26. The third-order valence-electron chi connectivity index (χ3n) is 2.74. The Morgan fingerprint density at radius 2 is 2.22 bits per heavy atom. The number of nitrogens with one attached hydrogen (secondary N) is 1. The van der Waals surface area contributed by atoms with Crippen LogP contribution < -0.4 is 5.32 Å². The van der Waals surface area contributed by atoms with Crippen molar-refractivity contribution in [1.29, 1.82) is 0 Å². The second-order valence-corrected chi connectivity index (χ2v) is 4.83. The summed E-state index contributed by atoms with van der Waals surface area (Å²) >= 11 is 3.55. The number of benzene rings is 1. The van der Waals surface area contributed by atoms with Crippen molar-refractivity contribution >= 4 is 26.8 Å². The molecule has 2 rings (SSSR count). The molecule has 0 radical (unpaired) electrons. The molecule has 0 bridgehead atoms. The van der Waals surface area contributed by atoms with Gasteiger partial charge >= 0.3 is 0 Å². The highest BCUT2D eigenvalue weighted by molar-refractivity contribution is 9.10. The number of hydrogen-bond acceptors (Lipinski definition) is 3. The first-order chi connectivity index (χ1) is 8.83. The highest BCUT2D eigenvalue weighted by Gasteiger charge is 2.04. The number of hydrogen-bond donors (Lipinski definition) is 1. The molecule has 96 valence electrons. The number of aromatic nitrogens is 1. The van der Waals surface area contributed by atoms with Gasteiger partial charge in [0.25, 0.3) is 0 Å². The maximum Gasteiger partial charge on any atom is 0.0758 e. The molecule has 0 fully saturated rings. The Balaban J connectivity index is 2.07. The molecular weight excluding hydrogens is 292 g/mol. The third-order valence-corrected chi connectivity index (χ3v) is 3.43. The van der Waals surface area contributed by atoms with Gasteiger partial charge in [0.2, 0.25) is 0 Å².